The molecule has 0 aromatic heterocycles. The van der Waals surface area contributed by atoms with E-state index in [1.54, 1.807) is 6.92 Å². The third-order valence-corrected chi connectivity index (χ3v) is 3.95. The lowest BCUT2D eigenvalue weighted by Gasteiger charge is -2.14. The maximum Gasteiger partial charge on any atom is 0.335 e. The second kappa shape index (κ2) is 6.65. The van der Waals surface area contributed by atoms with Crippen molar-refractivity contribution >= 4 is 16.0 Å². The Morgan fingerprint density at radius 1 is 1.37 bits per heavy atom. The van der Waals surface area contributed by atoms with Crippen LogP contribution in [0.5, 0.6) is 0 Å². The van der Waals surface area contributed by atoms with Crippen molar-refractivity contribution in [3.8, 4) is 0 Å². The largest absolute Gasteiger partial charge is 0.478 e. The maximum atomic E-state index is 12.0. The Bertz CT molecular complexity index is 524. The summed E-state index contributed by atoms with van der Waals surface area (Å²) in [6.07, 6.45) is 0. The second-order valence-corrected chi connectivity index (χ2v) is 5.73. The SMILES string of the molecule is CCOCC(C)NS(=O)(=O)c1ccc(C(=O)O)cc1. The molecule has 0 spiro atoms. The molecule has 0 saturated heterocycles. The molecule has 1 aromatic rings. The number of hydrogen-bond donors (Lipinski definition) is 2. The first-order valence-corrected chi connectivity index (χ1v) is 7.28. The van der Waals surface area contributed by atoms with E-state index in [1.807, 2.05) is 6.92 Å². The lowest BCUT2D eigenvalue weighted by Crippen LogP contribution is -2.35. The fraction of sp³-hybridized carbons (Fsp3) is 0.417. The predicted octanol–water partition coefficient (Wildman–Crippen LogP) is 1.09. The van der Waals surface area contributed by atoms with Gasteiger partial charge in [-0.15, -0.1) is 0 Å². The van der Waals surface area contributed by atoms with Crippen LogP contribution in [0.3, 0.4) is 0 Å². The molecule has 0 radical (unpaired) electrons. The van der Waals surface area contributed by atoms with Crippen LogP contribution in [-0.2, 0) is 14.8 Å². The van der Waals surface area contributed by atoms with Crippen LogP contribution in [0, 0.1) is 0 Å². The van der Waals surface area contributed by atoms with Gasteiger partial charge in [0, 0.05) is 12.6 Å². The minimum absolute atomic E-state index is 0.0286. The molecule has 6 nitrogen and oxygen atoms in total. The zero-order valence-corrected chi connectivity index (χ0v) is 11.6. The number of sulfonamides is 1. The van der Waals surface area contributed by atoms with E-state index >= 15 is 0 Å². The lowest BCUT2D eigenvalue weighted by atomic mass is 10.2. The van der Waals surface area contributed by atoms with Gasteiger partial charge in [-0.05, 0) is 38.1 Å². The number of carbonyl (C=O) groups is 1. The summed E-state index contributed by atoms with van der Waals surface area (Å²) in [7, 11) is -3.66. The molecule has 0 fully saturated rings. The van der Waals surface area contributed by atoms with Gasteiger partial charge in [-0.1, -0.05) is 0 Å². The van der Waals surface area contributed by atoms with Crippen LogP contribution < -0.4 is 4.72 Å². The third kappa shape index (κ3) is 4.62. The number of nitrogens with one attached hydrogen (secondary N) is 1. The van der Waals surface area contributed by atoms with E-state index in [1.165, 1.54) is 24.3 Å². The molecule has 0 heterocycles. The summed E-state index contributed by atoms with van der Waals surface area (Å²) in [5, 5.41) is 8.74. The van der Waals surface area contributed by atoms with Crippen molar-refractivity contribution in [2.75, 3.05) is 13.2 Å². The Labute approximate surface area is 112 Å². The highest BCUT2D eigenvalue weighted by Gasteiger charge is 2.17. The normalized spacial score (nSPS) is 13.2. The van der Waals surface area contributed by atoms with Gasteiger partial charge >= 0.3 is 5.97 Å². The van der Waals surface area contributed by atoms with E-state index < -0.39 is 16.0 Å². The fourth-order valence-electron chi connectivity index (χ4n) is 1.44. The summed E-state index contributed by atoms with van der Waals surface area (Å²) in [6.45, 7) is 4.31. The van der Waals surface area contributed by atoms with Crippen molar-refractivity contribution in [2.45, 2.75) is 24.8 Å². The number of benzene rings is 1. The van der Waals surface area contributed by atoms with Crippen molar-refractivity contribution in [3.05, 3.63) is 29.8 Å². The molecule has 0 aliphatic heterocycles. The van der Waals surface area contributed by atoms with Crippen molar-refractivity contribution in [1.82, 2.24) is 4.72 Å². The monoisotopic (exact) mass is 287 g/mol. The van der Waals surface area contributed by atoms with E-state index in [0.717, 1.165) is 0 Å². The Morgan fingerprint density at radius 3 is 2.42 bits per heavy atom. The van der Waals surface area contributed by atoms with Crippen LogP contribution >= 0.6 is 0 Å². The molecule has 1 aromatic carbocycles. The molecule has 1 atom stereocenters. The van der Waals surface area contributed by atoms with Gasteiger partial charge < -0.3 is 9.84 Å². The zero-order valence-electron chi connectivity index (χ0n) is 10.8. The summed E-state index contributed by atoms with van der Waals surface area (Å²) >= 11 is 0. The molecule has 0 bridgehead atoms. The van der Waals surface area contributed by atoms with E-state index in [2.05, 4.69) is 4.72 Å². The topological polar surface area (TPSA) is 92.7 Å². The summed E-state index contributed by atoms with van der Waals surface area (Å²) in [4.78, 5) is 10.7. The molecule has 0 aliphatic carbocycles. The molecule has 1 unspecified atom stereocenters. The summed E-state index contributed by atoms with van der Waals surface area (Å²) < 4.78 is 31.5. The van der Waals surface area contributed by atoms with Crippen LogP contribution in [-0.4, -0.2) is 38.7 Å². The van der Waals surface area contributed by atoms with Gasteiger partial charge in [-0.2, -0.15) is 0 Å². The van der Waals surface area contributed by atoms with E-state index in [-0.39, 0.29) is 23.1 Å². The number of aromatic carboxylic acids is 1. The van der Waals surface area contributed by atoms with Crippen LogP contribution in [0.1, 0.15) is 24.2 Å². The average molecular weight is 287 g/mol. The highest BCUT2D eigenvalue weighted by molar-refractivity contribution is 7.89. The van der Waals surface area contributed by atoms with Crippen LogP contribution in [0.15, 0.2) is 29.2 Å². The zero-order chi connectivity index (χ0) is 14.5. The Kier molecular flexibility index (Phi) is 5.46. The Balaban J connectivity index is 2.79. The number of rotatable bonds is 7. The first kappa shape index (κ1) is 15.6. The summed E-state index contributed by atoms with van der Waals surface area (Å²) in [6, 6.07) is 4.68. The van der Waals surface area contributed by atoms with E-state index in [9.17, 15) is 13.2 Å². The Hall–Kier alpha value is -1.44. The minimum atomic E-state index is -3.66. The van der Waals surface area contributed by atoms with Crippen LogP contribution in [0.2, 0.25) is 0 Å². The van der Waals surface area contributed by atoms with Gasteiger partial charge in [0.2, 0.25) is 10.0 Å². The van der Waals surface area contributed by atoms with Crippen molar-refractivity contribution in [2.24, 2.45) is 0 Å². The third-order valence-electron chi connectivity index (χ3n) is 2.34. The summed E-state index contributed by atoms with van der Waals surface area (Å²) in [5.41, 5.74) is 0.0429. The Morgan fingerprint density at radius 2 is 1.95 bits per heavy atom. The molecular weight excluding hydrogens is 270 g/mol. The first-order chi connectivity index (χ1) is 8.86. The molecule has 106 valence electrons. The van der Waals surface area contributed by atoms with Gasteiger partial charge in [0.15, 0.2) is 0 Å². The molecule has 2 N–H and O–H groups in total. The van der Waals surface area contributed by atoms with Gasteiger partial charge in [-0.25, -0.2) is 17.9 Å². The van der Waals surface area contributed by atoms with Gasteiger partial charge in [0.05, 0.1) is 17.1 Å². The highest BCUT2D eigenvalue weighted by Crippen LogP contribution is 2.11. The molecule has 19 heavy (non-hydrogen) atoms. The maximum absolute atomic E-state index is 12.0. The summed E-state index contributed by atoms with van der Waals surface area (Å²) in [5.74, 6) is -1.10. The molecule has 1 rings (SSSR count). The quantitative estimate of drug-likeness (QED) is 0.783. The van der Waals surface area contributed by atoms with Crippen LogP contribution in [0.4, 0.5) is 0 Å². The number of carboxylic acids is 1. The number of hydrogen-bond acceptors (Lipinski definition) is 4. The average Bonchev–Trinajstić information content (AvgIpc) is 2.36. The van der Waals surface area contributed by atoms with Gasteiger partial charge in [0.1, 0.15) is 0 Å². The highest BCUT2D eigenvalue weighted by atomic mass is 32.2. The number of ether oxygens (including phenoxy) is 1. The second-order valence-electron chi connectivity index (χ2n) is 4.01. The molecular formula is C12H17NO5S. The van der Waals surface area contributed by atoms with Crippen molar-refractivity contribution in [1.29, 1.82) is 0 Å². The minimum Gasteiger partial charge on any atom is -0.478 e. The fourth-order valence-corrected chi connectivity index (χ4v) is 2.67. The predicted molar refractivity (Wildman–Crippen MR) is 69.7 cm³/mol. The van der Waals surface area contributed by atoms with Gasteiger partial charge in [-0.3, -0.25) is 0 Å². The first-order valence-electron chi connectivity index (χ1n) is 5.80. The molecule has 0 aliphatic rings. The van der Waals surface area contributed by atoms with E-state index in [4.69, 9.17) is 9.84 Å². The van der Waals surface area contributed by atoms with E-state index in [0.29, 0.717) is 6.61 Å². The van der Waals surface area contributed by atoms with Crippen molar-refractivity contribution < 1.29 is 23.1 Å². The lowest BCUT2D eigenvalue weighted by molar-refractivity contribution is 0.0696. The smallest absolute Gasteiger partial charge is 0.335 e. The van der Waals surface area contributed by atoms with Crippen molar-refractivity contribution in [3.63, 3.8) is 0 Å². The molecule has 0 saturated carbocycles. The van der Waals surface area contributed by atoms with Gasteiger partial charge in [0.25, 0.3) is 0 Å². The molecule has 0 amide bonds. The molecule has 7 heteroatoms. The number of carboxylic acid groups (broad SMARTS) is 1. The standard InChI is InChI=1S/C12H17NO5S/c1-3-18-8-9(2)13-19(16,17)11-6-4-10(5-7-11)12(14)15/h4-7,9,13H,3,8H2,1-2H3,(H,14,15). The van der Waals surface area contributed by atoms with Crippen LogP contribution in [0.25, 0.3) is 0 Å².